The van der Waals surface area contributed by atoms with E-state index in [4.69, 9.17) is 4.74 Å². The van der Waals surface area contributed by atoms with Crippen molar-refractivity contribution >= 4 is 46.9 Å². The van der Waals surface area contributed by atoms with Crippen molar-refractivity contribution in [1.29, 1.82) is 0 Å². The summed E-state index contributed by atoms with van der Waals surface area (Å²) in [5.41, 5.74) is 3.10. The summed E-state index contributed by atoms with van der Waals surface area (Å²) < 4.78 is 5.34. The minimum absolute atomic E-state index is 0.000187. The standard InChI is InChI=1S/C32H29N3O5S/c1-21-8-6-11-24(16-21)33-30(37)20-41-27-13-7-12-25(18-27)34-32(39)28(35-31(38)22-9-4-3-5-10-22)17-23-14-15-26(36)19-29(23)40-2/h3-19,36H,20H2,1-2H3,(H,33,37)(H,34,39)(H,35,38)/b28-17+. The second kappa shape index (κ2) is 13.9. The maximum Gasteiger partial charge on any atom is 0.272 e. The number of hydrogen-bond donors (Lipinski definition) is 4. The molecule has 0 aliphatic rings. The fourth-order valence-corrected chi connectivity index (χ4v) is 4.60. The highest BCUT2D eigenvalue weighted by atomic mass is 32.2. The van der Waals surface area contributed by atoms with Crippen molar-refractivity contribution in [2.75, 3.05) is 23.5 Å². The van der Waals surface area contributed by atoms with Crippen molar-refractivity contribution in [3.05, 3.63) is 119 Å². The van der Waals surface area contributed by atoms with Crippen LogP contribution in [0.25, 0.3) is 6.08 Å². The number of carbonyl (C=O) groups excluding carboxylic acids is 3. The lowest BCUT2D eigenvalue weighted by Gasteiger charge is -2.13. The van der Waals surface area contributed by atoms with Crippen LogP contribution < -0.4 is 20.7 Å². The van der Waals surface area contributed by atoms with Crippen LogP contribution in [-0.2, 0) is 9.59 Å². The highest BCUT2D eigenvalue weighted by Crippen LogP contribution is 2.27. The molecule has 9 heteroatoms. The molecule has 0 aliphatic heterocycles. The van der Waals surface area contributed by atoms with E-state index in [1.807, 2.05) is 37.3 Å². The van der Waals surface area contributed by atoms with Crippen LogP contribution in [0.2, 0.25) is 0 Å². The van der Waals surface area contributed by atoms with Gasteiger partial charge in [-0.25, -0.2) is 0 Å². The van der Waals surface area contributed by atoms with E-state index in [0.717, 1.165) is 16.1 Å². The summed E-state index contributed by atoms with van der Waals surface area (Å²) in [6, 6.07) is 27.6. The Morgan fingerprint density at radius 3 is 2.32 bits per heavy atom. The third-order valence-electron chi connectivity index (χ3n) is 5.81. The second-order valence-corrected chi connectivity index (χ2v) is 10.0. The Hall–Kier alpha value is -5.02. The van der Waals surface area contributed by atoms with Gasteiger partial charge >= 0.3 is 0 Å². The molecule has 0 saturated heterocycles. The number of aryl methyl sites for hydroxylation is 1. The predicted molar refractivity (Wildman–Crippen MR) is 162 cm³/mol. The first kappa shape index (κ1) is 29.0. The van der Waals surface area contributed by atoms with Gasteiger partial charge in [0.05, 0.1) is 12.9 Å². The van der Waals surface area contributed by atoms with Gasteiger partial charge in [-0.2, -0.15) is 0 Å². The average molecular weight is 568 g/mol. The van der Waals surface area contributed by atoms with E-state index in [1.54, 1.807) is 54.6 Å². The zero-order valence-corrected chi connectivity index (χ0v) is 23.3. The fourth-order valence-electron chi connectivity index (χ4n) is 3.85. The zero-order chi connectivity index (χ0) is 29.2. The highest BCUT2D eigenvalue weighted by Gasteiger charge is 2.17. The molecule has 0 fully saturated rings. The van der Waals surface area contributed by atoms with Gasteiger partial charge in [-0.1, -0.05) is 36.4 Å². The van der Waals surface area contributed by atoms with Crippen molar-refractivity contribution in [2.45, 2.75) is 11.8 Å². The van der Waals surface area contributed by atoms with Crippen molar-refractivity contribution in [3.63, 3.8) is 0 Å². The van der Waals surface area contributed by atoms with Gasteiger partial charge in [-0.15, -0.1) is 11.8 Å². The van der Waals surface area contributed by atoms with E-state index in [9.17, 15) is 19.5 Å². The first-order valence-corrected chi connectivity index (χ1v) is 13.6. The molecular weight excluding hydrogens is 538 g/mol. The molecule has 0 unspecified atom stereocenters. The quantitative estimate of drug-likeness (QED) is 0.141. The van der Waals surface area contributed by atoms with Gasteiger partial charge in [0, 0.05) is 33.5 Å². The van der Waals surface area contributed by atoms with Gasteiger partial charge in [0.25, 0.3) is 11.8 Å². The highest BCUT2D eigenvalue weighted by molar-refractivity contribution is 8.00. The van der Waals surface area contributed by atoms with Crippen LogP contribution in [0.4, 0.5) is 11.4 Å². The summed E-state index contributed by atoms with van der Waals surface area (Å²) in [6.07, 6.45) is 1.47. The van der Waals surface area contributed by atoms with Crippen molar-refractivity contribution in [3.8, 4) is 11.5 Å². The van der Waals surface area contributed by atoms with E-state index in [2.05, 4.69) is 16.0 Å². The normalized spacial score (nSPS) is 10.9. The molecule has 3 amide bonds. The Morgan fingerprint density at radius 2 is 1.59 bits per heavy atom. The number of nitrogens with one attached hydrogen (secondary N) is 3. The lowest BCUT2D eigenvalue weighted by molar-refractivity contribution is -0.114. The fraction of sp³-hybridized carbons (Fsp3) is 0.0938. The van der Waals surface area contributed by atoms with Gasteiger partial charge in [-0.05, 0) is 73.2 Å². The number of hydrogen-bond acceptors (Lipinski definition) is 6. The number of aromatic hydroxyl groups is 1. The third kappa shape index (κ3) is 8.48. The summed E-state index contributed by atoms with van der Waals surface area (Å²) in [7, 11) is 1.44. The van der Waals surface area contributed by atoms with Crippen LogP contribution in [0.3, 0.4) is 0 Å². The molecular formula is C32H29N3O5S. The van der Waals surface area contributed by atoms with Crippen LogP contribution in [0.15, 0.2) is 108 Å². The minimum atomic E-state index is -0.566. The molecule has 41 heavy (non-hydrogen) atoms. The lowest BCUT2D eigenvalue weighted by atomic mass is 10.1. The molecule has 4 N–H and O–H groups in total. The number of phenols is 1. The van der Waals surface area contributed by atoms with Crippen LogP contribution in [-0.4, -0.2) is 35.7 Å². The maximum atomic E-state index is 13.4. The van der Waals surface area contributed by atoms with Crippen LogP contribution in [0.1, 0.15) is 21.5 Å². The molecule has 0 radical (unpaired) electrons. The molecule has 0 saturated carbocycles. The third-order valence-corrected chi connectivity index (χ3v) is 6.80. The van der Waals surface area contributed by atoms with Gasteiger partial charge in [0.15, 0.2) is 0 Å². The molecule has 0 spiro atoms. The number of thioether (sulfide) groups is 1. The molecule has 8 nitrogen and oxygen atoms in total. The van der Waals surface area contributed by atoms with Gasteiger partial charge in [0.2, 0.25) is 5.91 Å². The Morgan fingerprint density at radius 1 is 0.854 bits per heavy atom. The number of anilines is 2. The Bertz CT molecular complexity index is 1590. The summed E-state index contributed by atoms with van der Waals surface area (Å²) in [5.74, 6) is -0.666. The summed E-state index contributed by atoms with van der Waals surface area (Å²) in [5, 5.41) is 18.2. The second-order valence-electron chi connectivity index (χ2n) is 8.99. The Labute approximate surface area is 242 Å². The summed E-state index contributed by atoms with van der Waals surface area (Å²) >= 11 is 1.33. The molecule has 0 aromatic heterocycles. The topological polar surface area (TPSA) is 117 Å². The average Bonchev–Trinajstić information content (AvgIpc) is 2.97. The molecule has 4 aromatic carbocycles. The minimum Gasteiger partial charge on any atom is -0.508 e. The molecule has 0 atom stereocenters. The van der Waals surface area contributed by atoms with Crippen LogP contribution >= 0.6 is 11.8 Å². The number of rotatable bonds is 10. The first-order chi connectivity index (χ1) is 19.8. The van der Waals surface area contributed by atoms with Gasteiger partial charge < -0.3 is 25.8 Å². The van der Waals surface area contributed by atoms with E-state index < -0.39 is 11.8 Å². The summed E-state index contributed by atoms with van der Waals surface area (Å²) in [6.45, 7) is 1.96. The van der Waals surface area contributed by atoms with Gasteiger partial charge in [-0.3, -0.25) is 14.4 Å². The van der Waals surface area contributed by atoms with Crippen LogP contribution in [0.5, 0.6) is 11.5 Å². The van der Waals surface area contributed by atoms with Crippen molar-refractivity contribution in [2.24, 2.45) is 0 Å². The Balaban J connectivity index is 1.49. The largest absolute Gasteiger partial charge is 0.508 e. The van der Waals surface area contributed by atoms with Crippen molar-refractivity contribution < 1.29 is 24.2 Å². The molecule has 208 valence electrons. The summed E-state index contributed by atoms with van der Waals surface area (Å²) in [4.78, 5) is 39.5. The molecule has 4 rings (SSSR count). The number of ether oxygens (including phenoxy) is 1. The first-order valence-electron chi connectivity index (χ1n) is 12.7. The van der Waals surface area contributed by atoms with E-state index in [0.29, 0.717) is 22.6 Å². The van der Waals surface area contributed by atoms with E-state index >= 15 is 0 Å². The molecule has 0 bridgehead atoms. The van der Waals surface area contributed by atoms with E-state index in [1.165, 1.54) is 37.1 Å². The number of amides is 3. The van der Waals surface area contributed by atoms with Gasteiger partial charge in [0.1, 0.15) is 17.2 Å². The molecule has 0 aliphatic carbocycles. The monoisotopic (exact) mass is 567 g/mol. The number of phenolic OH excluding ortho intramolecular Hbond substituents is 1. The Kier molecular flexibility index (Phi) is 9.80. The maximum absolute atomic E-state index is 13.4. The van der Waals surface area contributed by atoms with Crippen LogP contribution in [0, 0.1) is 6.92 Å². The number of methoxy groups -OCH3 is 1. The van der Waals surface area contributed by atoms with E-state index in [-0.39, 0.29) is 23.1 Å². The number of carbonyl (C=O) groups is 3. The SMILES string of the molecule is COc1cc(O)ccc1/C=C(/NC(=O)c1ccccc1)C(=O)Nc1cccc(SCC(=O)Nc2cccc(C)c2)c1. The van der Waals surface area contributed by atoms with Crippen molar-refractivity contribution in [1.82, 2.24) is 5.32 Å². The smallest absolute Gasteiger partial charge is 0.272 e. The zero-order valence-electron chi connectivity index (χ0n) is 22.5. The predicted octanol–water partition coefficient (Wildman–Crippen LogP) is 5.85. The molecule has 0 heterocycles. The molecule has 4 aromatic rings. The number of benzene rings is 4. The lowest BCUT2D eigenvalue weighted by Crippen LogP contribution is -2.30.